The Hall–Kier alpha value is 4.59. The zero-order valence-electron chi connectivity index (χ0n) is 3.05. The van der Waals surface area contributed by atoms with Gasteiger partial charge in [0.15, 0.2) is 0 Å². The molecular weight excluding hydrogens is 282 g/mol. The van der Waals surface area contributed by atoms with Crippen molar-refractivity contribution >= 4 is 121 Å². The second-order valence-electron chi connectivity index (χ2n) is 0.982. The zero-order chi connectivity index (χ0) is 4.86. The summed E-state index contributed by atoms with van der Waals surface area (Å²) in [4.78, 5) is 23.7. The molecule has 0 bridgehead atoms. The van der Waals surface area contributed by atoms with E-state index in [1.165, 1.54) is 0 Å². The fraction of sp³-hybridized carbons (Fsp3) is 0. The van der Waals surface area contributed by atoms with Gasteiger partial charge in [0, 0.05) is 18.6 Å². The molecule has 1 rings (SSSR count). The summed E-state index contributed by atoms with van der Waals surface area (Å²) in [6.45, 7) is 0. The maximum absolute atomic E-state index is 7.89. The Bertz CT molecular complexity index is 80.6. The average molecular weight is 291 g/mol. The standard InChI is InChI=1S/3Ca.H3O5P.V.6H/c;;;1-6(2,3)4-5-6;;;;;;;/h;;;1-3H;;;;;;;. The average Bonchev–Trinajstić information content (AvgIpc) is 1.73. The van der Waals surface area contributed by atoms with Gasteiger partial charge in [-0.2, -0.15) is 0 Å². The molecule has 0 atom stereocenters. The normalized spacial score (nSPS) is 25.7. The van der Waals surface area contributed by atoms with Gasteiger partial charge in [0.25, 0.3) is 0 Å². The molecule has 1 fully saturated rings. The Morgan fingerprint density at radius 3 is 0.900 bits per heavy atom. The minimum Gasteiger partial charge on any atom is 0 e. The van der Waals surface area contributed by atoms with Gasteiger partial charge in [-0.05, 0) is 0 Å². The third-order valence-corrected chi connectivity index (χ3v) is 0.824. The number of hydrogen-bond donors (Lipinski definition) is 3. The van der Waals surface area contributed by atoms with Crippen molar-refractivity contribution in [3.05, 3.63) is 0 Å². The third kappa shape index (κ3) is 12.6. The first-order valence-electron chi connectivity index (χ1n) is 1.13. The molecule has 0 unspecified atom stereocenters. The van der Waals surface area contributed by atoms with Crippen LogP contribution >= 0.6 is 7.74 Å². The molecule has 10 heavy (non-hydrogen) atoms. The predicted octanol–water partition coefficient (Wildman–Crippen LogP) is -3.70. The van der Waals surface area contributed by atoms with E-state index in [-0.39, 0.29) is 132 Å². The molecule has 1 aliphatic heterocycles. The summed E-state index contributed by atoms with van der Waals surface area (Å²) in [6.07, 6.45) is 0. The summed E-state index contributed by atoms with van der Waals surface area (Å²) >= 11 is 0. The molecule has 1 saturated heterocycles. The van der Waals surface area contributed by atoms with Gasteiger partial charge in [-0.15, -0.1) is 0 Å². The van der Waals surface area contributed by atoms with E-state index >= 15 is 0 Å². The van der Waals surface area contributed by atoms with E-state index < -0.39 is 7.74 Å². The summed E-state index contributed by atoms with van der Waals surface area (Å²) in [5.41, 5.74) is 0. The van der Waals surface area contributed by atoms with Crippen LogP contribution in [0.4, 0.5) is 0 Å². The van der Waals surface area contributed by atoms with E-state index in [1.54, 1.807) is 0 Å². The first-order chi connectivity index (χ1) is 2.47. The van der Waals surface area contributed by atoms with Crippen LogP contribution in [-0.2, 0) is 27.9 Å². The molecule has 10 heteroatoms. The predicted molar refractivity (Wildman–Crippen MR) is 41.4 cm³/mol. The first-order valence-corrected chi connectivity index (χ1v) is 3.06. The Balaban J connectivity index is -0.0000000450. The maximum Gasteiger partial charge on any atom is 0 e. The Morgan fingerprint density at radius 2 is 0.900 bits per heavy atom. The monoisotopic (exact) mass is 291 g/mol. The quantitative estimate of drug-likeness (QED) is 0.185. The summed E-state index contributed by atoms with van der Waals surface area (Å²) in [5.74, 6) is 0. The molecule has 1 aliphatic rings. The largest absolute Gasteiger partial charge is 0 e. The van der Waals surface area contributed by atoms with Crippen molar-refractivity contribution in [2.24, 2.45) is 0 Å². The smallest absolute Gasteiger partial charge is 0 e. The maximum atomic E-state index is 7.89. The molecule has 5 nitrogen and oxygen atoms in total. The van der Waals surface area contributed by atoms with Crippen molar-refractivity contribution in [3.8, 4) is 0 Å². The van der Waals surface area contributed by atoms with Crippen LogP contribution in [0.1, 0.15) is 0 Å². The van der Waals surface area contributed by atoms with Crippen LogP contribution in [0.25, 0.3) is 0 Å². The second kappa shape index (κ2) is 7.83. The fourth-order valence-corrected chi connectivity index (χ4v) is 0.402. The Kier molecular flexibility index (Phi) is 18.8. The molecule has 0 spiro atoms. The van der Waals surface area contributed by atoms with Crippen LogP contribution in [0, 0.1) is 0 Å². The van der Waals surface area contributed by atoms with E-state index in [2.05, 4.69) is 9.35 Å². The van der Waals surface area contributed by atoms with E-state index in [0.29, 0.717) is 0 Å². The van der Waals surface area contributed by atoms with Gasteiger partial charge >= 0.3 is 145 Å². The molecule has 0 saturated carbocycles. The van der Waals surface area contributed by atoms with Gasteiger partial charge in [-0.25, -0.2) is 0 Å². The van der Waals surface area contributed by atoms with Crippen molar-refractivity contribution < 1.29 is 42.6 Å². The Morgan fingerprint density at radius 1 is 0.800 bits per heavy atom. The van der Waals surface area contributed by atoms with E-state index in [4.69, 9.17) is 14.7 Å². The molecular formula is H9Ca3O5PV. The van der Waals surface area contributed by atoms with Gasteiger partial charge in [0.2, 0.25) is 0 Å². The van der Waals surface area contributed by atoms with Crippen molar-refractivity contribution in [3.63, 3.8) is 0 Å². The van der Waals surface area contributed by atoms with Crippen molar-refractivity contribution in [2.75, 3.05) is 0 Å². The van der Waals surface area contributed by atoms with Crippen LogP contribution in [0.2, 0.25) is 0 Å². The first kappa shape index (κ1) is 24.0. The summed E-state index contributed by atoms with van der Waals surface area (Å²) in [5, 5.41) is 0. The summed E-state index contributed by atoms with van der Waals surface area (Å²) < 4.78 is 6.76. The molecule has 0 amide bonds. The minimum atomic E-state index is -4.80. The second-order valence-corrected chi connectivity index (χ2v) is 2.95. The van der Waals surface area contributed by atoms with Crippen LogP contribution in [-0.4, -0.2) is 128 Å². The van der Waals surface area contributed by atoms with Crippen molar-refractivity contribution in [1.29, 1.82) is 0 Å². The van der Waals surface area contributed by atoms with E-state index in [9.17, 15) is 0 Å². The molecule has 0 aliphatic carbocycles. The van der Waals surface area contributed by atoms with Crippen LogP contribution < -0.4 is 0 Å². The van der Waals surface area contributed by atoms with Gasteiger partial charge in [0.05, 0.1) is 0 Å². The molecule has 0 aromatic rings. The van der Waals surface area contributed by atoms with Crippen molar-refractivity contribution in [2.45, 2.75) is 0 Å². The molecule has 3 N–H and O–H groups in total. The summed E-state index contributed by atoms with van der Waals surface area (Å²) in [6, 6.07) is 0. The van der Waals surface area contributed by atoms with Crippen molar-refractivity contribution in [1.82, 2.24) is 0 Å². The number of rotatable bonds is 0. The summed E-state index contributed by atoms with van der Waals surface area (Å²) in [7, 11) is -4.80. The SMILES string of the molecule is OP1(O)(O)OO1.[CaH2].[CaH2].[CaH2].[V]. The third-order valence-electron chi connectivity index (χ3n) is 0.275. The molecule has 1 radical (unpaired) electrons. The zero-order valence-corrected chi connectivity index (χ0v) is 5.34. The van der Waals surface area contributed by atoms with Gasteiger partial charge < -0.3 is 0 Å². The van der Waals surface area contributed by atoms with Gasteiger partial charge in [0.1, 0.15) is 0 Å². The van der Waals surface area contributed by atoms with Crippen LogP contribution in [0.5, 0.6) is 0 Å². The van der Waals surface area contributed by atoms with E-state index in [1.807, 2.05) is 0 Å². The Labute approximate surface area is 159 Å². The fourth-order valence-electron chi connectivity index (χ4n) is 0.0447. The number of hydrogen-bond acceptors (Lipinski definition) is 5. The van der Waals surface area contributed by atoms with E-state index in [0.717, 1.165) is 0 Å². The molecule has 1 heterocycles. The topological polar surface area (TPSA) is 85.8 Å². The molecule has 0 aromatic heterocycles. The van der Waals surface area contributed by atoms with Crippen LogP contribution in [0.15, 0.2) is 0 Å². The molecule has 0 aromatic carbocycles. The van der Waals surface area contributed by atoms with Crippen LogP contribution in [0.3, 0.4) is 0 Å². The minimum absolute atomic E-state index is 0. The molecule has 55 valence electrons. The van der Waals surface area contributed by atoms with Gasteiger partial charge in [-0.1, -0.05) is 0 Å². The van der Waals surface area contributed by atoms with Gasteiger partial charge in [-0.3, -0.25) is 0 Å².